The molecule has 0 radical (unpaired) electrons. The van der Waals surface area contributed by atoms with E-state index in [-0.39, 0.29) is 11.8 Å². The molecule has 1 aliphatic heterocycles. The Kier molecular flexibility index (Phi) is 4.75. The third kappa shape index (κ3) is 3.62. The highest BCUT2D eigenvalue weighted by atomic mass is 16.2. The largest absolute Gasteiger partial charge is 0.367 e. The average Bonchev–Trinajstić information content (AvgIpc) is 3.25. The van der Waals surface area contributed by atoms with Crippen molar-refractivity contribution in [3.8, 4) is 0 Å². The summed E-state index contributed by atoms with van der Waals surface area (Å²) in [5, 5.41) is 2.03. The van der Waals surface area contributed by atoms with Crippen molar-refractivity contribution in [1.29, 1.82) is 0 Å². The maximum atomic E-state index is 13.0. The molecule has 5 heteroatoms. The highest BCUT2D eigenvalue weighted by Crippen LogP contribution is 2.20. The van der Waals surface area contributed by atoms with Gasteiger partial charge in [0.1, 0.15) is 0 Å². The second kappa shape index (κ2) is 7.50. The lowest BCUT2D eigenvalue weighted by molar-refractivity contribution is -0.127. The summed E-state index contributed by atoms with van der Waals surface area (Å²) >= 11 is 0. The minimum atomic E-state index is -0.0199. The fourth-order valence-corrected chi connectivity index (χ4v) is 3.43. The van der Waals surface area contributed by atoms with Crippen molar-refractivity contribution in [3.63, 3.8) is 0 Å². The first-order chi connectivity index (χ1) is 13.2. The van der Waals surface area contributed by atoms with E-state index in [0.717, 1.165) is 21.9 Å². The predicted molar refractivity (Wildman–Crippen MR) is 106 cm³/mol. The van der Waals surface area contributed by atoms with Crippen molar-refractivity contribution >= 4 is 28.7 Å². The van der Waals surface area contributed by atoms with Crippen LogP contribution in [0.25, 0.3) is 16.8 Å². The van der Waals surface area contributed by atoms with Crippen molar-refractivity contribution in [2.45, 2.75) is 0 Å². The molecule has 1 aromatic heterocycles. The van der Waals surface area contributed by atoms with Gasteiger partial charge in [0.15, 0.2) is 0 Å². The maximum Gasteiger partial charge on any atom is 0.254 e. The maximum absolute atomic E-state index is 13.0. The number of rotatable bonds is 3. The Labute approximate surface area is 157 Å². The Balaban J connectivity index is 1.41. The number of piperazine rings is 1. The number of carbonyl (C=O) groups is 2. The van der Waals surface area contributed by atoms with Crippen LogP contribution in [-0.2, 0) is 4.79 Å². The van der Waals surface area contributed by atoms with Gasteiger partial charge in [0.05, 0.1) is 0 Å². The second-order valence-electron chi connectivity index (χ2n) is 6.62. The quantitative estimate of drug-likeness (QED) is 0.731. The van der Waals surface area contributed by atoms with Crippen LogP contribution >= 0.6 is 0 Å². The summed E-state index contributed by atoms with van der Waals surface area (Å²) < 4.78 is 0. The van der Waals surface area contributed by atoms with Crippen molar-refractivity contribution in [3.05, 3.63) is 78.1 Å². The van der Waals surface area contributed by atoms with E-state index in [1.54, 1.807) is 17.1 Å². The number of hydrogen-bond acceptors (Lipinski definition) is 2. The molecule has 136 valence electrons. The third-order valence-electron chi connectivity index (χ3n) is 4.94. The van der Waals surface area contributed by atoms with Gasteiger partial charge in [-0.3, -0.25) is 9.59 Å². The van der Waals surface area contributed by atoms with Crippen molar-refractivity contribution in [1.82, 2.24) is 14.8 Å². The van der Waals surface area contributed by atoms with Crippen LogP contribution in [-0.4, -0.2) is 52.8 Å². The van der Waals surface area contributed by atoms with E-state index < -0.39 is 0 Å². The number of H-pyrrole nitrogens is 1. The number of amides is 2. The summed E-state index contributed by atoms with van der Waals surface area (Å²) in [4.78, 5) is 31.9. The van der Waals surface area contributed by atoms with Crippen LogP contribution in [0.3, 0.4) is 0 Å². The molecule has 2 aromatic carbocycles. The highest BCUT2D eigenvalue weighted by Gasteiger charge is 2.24. The molecule has 4 rings (SSSR count). The fraction of sp³-hybridized carbons (Fsp3) is 0.182. The van der Waals surface area contributed by atoms with Crippen LogP contribution in [0, 0.1) is 0 Å². The summed E-state index contributed by atoms with van der Waals surface area (Å²) in [5.74, 6) is 0.00947. The topological polar surface area (TPSA) is 56.4 Å². The normalized spacial score (nSPS) is 14.8. The van der Waals surface area contributed by atoms with E-state index in [2.05, 4.69) is 4.98 Å². The summed E-state index contributed by atoms with van der Waals surface area (Å²) in [5.41, 5.74) is 1.69. The van der Waals surface area contributed by atoms with Gasteiger partial charge in [0, 0.05) is 50.2 Å². The number of hydrogen-bond donors (Lipinski definition) is 1. The van der Waals surface area contributed by atoms with Gasteiger partial charge in [-0.05, 0) is 34.5 Å². The summed E-state index contributed by atoms with van der Waals surface area (Å²) in [6, 6.07) is 15.6. The lowest BCUT2D eigenvalue weighted by Gasteiger charge is -2.34. The van der Waals surface area contributed by atoms with Crippen molar-refractivity contribution in [2.24, 2.45) is 0 Å². The minimum Gasteiger partial charge on any atom is -0.367 e. The summed E-state index contributed by atoms with van der Waals surface area (Å²) in [6.45, 7) is 2.19. The summed E-state index contributed by atoms with van der Waals surface area (Å²) in [7, 11) is 0. The van der Waals surface area contributed by atoms with Crippen LogP contribution in [0.4, 0.5) is 0 Å². The average molecular weight is 359 g/mol. The number of nitrogens with zero attached hydrogens (tertiary/aromatic N) is 2. The summed E-state index contributed by atoms with van der Waals surface area (Å²) in [6.07, 6.45) is 7.05. The molecule has 2 amide bonds. The number of fused-ring (bicyclic) bond motifs is 1. The molecule has 2 heterocycles. The SMILES string of the molecule is O=C(/C=C/c1cc[nH]c1)N1CCN(C(=O)c2cccc3ccccc23)CC1. The number of benzene rings is 2. The van der Waals surface area contributed by atoms with Gasteiger partial charge in [-0.2, -0.15) is 0 Å². The Morgan fingerprint density at radius 1 is 0.889 bits per heavy atom. The first-order valence-electron chi connectivity index (χ1n) is 9.09. The van der Waals surface area contributed by atoms with E-state index in [9.17, 15) is 9.59 Å². The molecule has 1 fully saturated rings. The van der Waals surface area contributed by atoms with E-state index in [1.165, 1.54) is 0 Å². The molecule has 0 bridgehead atoms. The predicted octanol–water partition coefficient (Wildman–Crippen LogP) is 3.17. The molecule has 5 nitrogen and oxygen atoms in total. The highest BCUT2D eigenvalue weighted by molar-refractivity contribution is 6.07. The zero-order valence-corrected chi connectivity index (χ0v) is 15.0. The molecule has 27 heavy (non-hydrogen) atoms. The van der Waals surface area contributed by atoms with E-state index in [0.29, 0.717) is 26.2 Å². The van der Waals surface area contributed by atoms with Gasteiger partial charge in [0.2, 0.25) is 5.91 Å². The van der Waals surface area contributed by atoms with Crippen LogP contribution in [0.15, 0.2) is 67.0 Å². The van der Waals surface area contributed by atoms with Crippen LogP contribution < -0.4 is 0 Å². The van der Waals surface area contributed by atoms with Gasteiger partial charge >= 0.3 is 0 Å². The standard InChI is InChI=1S/C22H21N3O2/c26-21(9-8-17-10-11-23-16-17)24-12-14-25(15-13-24)22(27)20-7-3-5-18-4-1-2-6-19(18)20/h1-11,16,23H,12-15H2/b9-8+. The molecule has 0 unspecified atom stereocenters. The molecular formula is C22H21N3O2. The van der Waals surface area contributed by atoms with E-state index >= 15 is 0 Å². The van der Waals surface area contributed by atoms with Gasteiger partial charge in [-0.15, -0.1) is 0 Å². The molecule has 0 atom stereocenters. The lowest BCUT2D eigenvalue weighted by atomic mass is 10.0. The van der Waals surface area contributed by atoms with Crippen LogP contribution in [0.2, 0.25) is 0 Å². The number of carbonyl (C=O) groups excluding carboxylic acids is 2. The Morgan fingerprint density at radius 3 is 2.41 bits per heavy atom. The first-order valence-corrected chi connectivity index (χ1v) is 9.09. The Morgan fingerprint density at radius 2 is 1.63 bits per heavy atom. The molecule has 1 N–H and O–H groups in total. The van der Waals surface area contributed by atoms with Crippen molar-refractivity contribution < 1.29 is 9.59 Å². The minimum absolute atomic E-state index is 0.0199. The van der Waals surface area contributed by atoms with Crippen LogP contribution in [0.1, 0.15) is 15.9 Å². The van der Waals surface area contributed by atoms with Crippen molar-refractivity contribution in [2.75, 3.05) is 26.2 Å². The third-order valence-corrected chi connectivity index (χ3v) is 4.94. The number of aromatic amines is 1. The van der Waals surface area contributed by atoms with Crippen LogP contribution in [0.5, 0.6) is 0 Å². The zero-order valence-electron chi connectivity index (χ0n) is 15.0. The molecular weight excluding hydrogens is 338 g/mol. The molecule has 1 aliphatic rings. The molecule has 3 aromatic rings. The molecule has 0 saturated carbocycles. The Hall–Kier alpha value is -3.34. The number of aromatic nitrogens is 1. The smallest absolute Gasteiger partial charge is 0.254 e. The van der Waals surface area contributed by atoms with Gasteiger partial charge in [0.25, 0.3) is 5.91 Å². The number of nitrogens with one attached hydrogen (secondary N) is 1. The molecule has 0 spiro atoms. The van der Waals surface area contributed by atoms with Gasteiger partial charge in [-0.25, -0.2) is 0 Å². The van der Waals surface area contributed by atoms with E-state index in [1.807, 2.05) is 65.8 Å². The van der Waals surface area contributed by atoms with Gasteiger partial charge in [-0.1, -0.05) is 36.4 Å². The van der Waals surface area contributed by atoms with Gasteiger partial charge < -0.3 is 14.8 Å². The zero-order chi connectivity index (χ0) is 18.6. The lowest BCUT2D eigenvalue weighted by Crippen LogP contribution is -2.50. The fourth-order valence-electron chi connectivity index (χ4n) is 3.43. The first kappa shape index (κ1) is 17.1. The Bertz CT molecular complexity index is 978. The second-order valence-corrected chi connectivity index (χ2v) is 6.62. The molecule has 0 aliphatic carbocycles. The van der Waals surface area contributed by atoms with E-state index in [4.69, 9.17) is 0 Å². The monoisotopic (exact) mass is 359 g/mol. The molecule has 1 saturated heterocycles.